The molecule has 20 heavy (non-hydrogen) atoms. The van der Waals surface area contributed by atoms with Crippen molar-refractivity contribution in [2.45, 2.75) is 32.9 Å². The van der Waals surface area contributed by atoms with Crippen molar-refractivity contribution in [1.82, 2.24) is 10.3 Å². The molecule has 104 valence electrons. The number of halogens is 1. The van der Waals surface area contributed by atoms with E-state index in [0.717, 1.165) is 17.0 Å². The molecule has 5 heteroatoms. The van der Waals surface area contributed by atoms with Gasteiger partial charge in [-0.05, 0) is 37.1 Å². The number of aryl methyl sites for hydroxylation is 1. The van der Waals surface area contributed by atoms with Gasteiger partial charge in [-0.15, -0.1) is 11.3 Å². The Bertz CT molecular complexity index is 630. The Morgan fingerprint density at radius 1 is 1.45 bits per heavy atom. The molecule has 1 aromatic carbocycles. The molecule has 1 atom stereocenters. The summed E-state index contributed by atoms with van der Waals surface area (Å²) in [6, 6.07) is 6.44. The molecule has 0 bridgehead atoms. The van der Waals surface area contributed by atoms with E-state index in [1.165, 1.54) is 17.0 Å². The highest BCUT2D eigenvalue weighted by molar-refractivity contribution is 7.11. The van der Waals surface area contributed by atoms with E-state index in [-0.39, 0.29) is 11.9 Å². The van der Waals surface area contributed by atoms with Crippen LogP contribution in [0.3, 0.4) is 0 Å². The molecule has 1 aromatic heterocycles. The van der Waals surface area contributed by atoms with Gasteiger partial charge in [-0.25, -0.2) is 9.37 Å². The number of hydrogen-bond donors (Lipinski definition) is 1. The number of thiazole rings is 1. The Hall–Kier alpha value is -1.77. The van der Waals surface area contributed by atoms with Gasteiger partial charge in [-0.1, -0.05) is 6.92 Å². The lowest BCUT2D eigenvalue weighted by atomic mass is 10.1. The summed E-state index contributed by atoms with van der Waals surface area (Å²) in [5, 5.41) is 13.2. The van der Waals surface area contributed by atoms with Crippen LogP contribution in [0.1, 0.15) is 40.9 Å². The van der Waals surface area contributed by atoms with Crippen LogP contribution in [0.25, 0.3) is 0 Å². The lowest BCUT2D eigenvalue weighted by molar-refractivity contribution is 0.566. The third-order valence-electron chi connectivity index (χ3n) is 2.99. The fourth-order valence-corrected chi connectivity index (χ4v) is 2.75. The van der Waals surface area contributed by atoms with Crippen LogP contribution >= 0.6 is 11.3 Å². The van der Waals surface area contributed by atoms with E-state index in [2.05, 4.69) is 17.2 Å². The van der Waals surface area contributed by atoms with E-state index < -0.39 is 0 Å². The molecular formula is C15H16FN3S. The number of nitriles is 1. The molecule has 0 aliphatic rings. The van der Waals surface area contributed by atoms with E-state index >= 15 is 0 Å². The Morgan fingerprint density at radius 3 is 2.90 bits per heavy atom. The summed E-state index contributed by atoms with van der Waals surface area (Å²) < 4.78 is 13.3. The van der Waals surface area contributed by atoms with Crippen LogP contribution in [0.5, 0.6) is 0 Å². The van der Waals surface area contributed by atoms with Crippen LogP contribution in [-0.2, 0) is 13.0 Å². The monoisotopic (exact) mass is 289 g/mol. The second-order valence-corrected chi connectivity index (χ2v) is 5.73. The van der Waals surface area contributed by atoms with E-state index in [0.29, 0.717) is 12.1 Å². The molecule has 3 nitrogen and oxygen atoms in total. The summed E-state index contributed by atoms with van der Waals surface area (Å²) in [5.74, 6) is -0.379. The predicted octanol–water partition coefficient (Wildman–Crippen LogP) is 3.57. The maximum Gasteiger partial charge on any atom is 0.124 e. The average Bonchev–Trinajstić information content (AvgIpc) is 2.93. The third kappa shape index (κ3) is 3.62. The molecule has 2 rings (SSSR count). The maximum absolute atomic E-state index is 13.3. The van der Waals surface area contributed by atoms with Gasteiger partial charge >= 0.3 is 0 Å². The van der Waals surface area contributed by atoms with Crippen molar-refractivity contribution in [3.05, 3.63) is 51.2 Å². The Kier molecular flexibility index (Phi) is 4.83. The number of nitrogens with one attached hydrogen (secondary N) is 1. The molecule has 0 saturated heterocycles. The van der Waals surface area contributed by atoms with E-state index in [1.807, 2.05) is 19.2 Å². The van der Waals surface area contributed by atoms with Crippen LogP contribution < -0.4 is 5.32 Å². The van der Waals surface area contributed by atoms with Gasteiger partial charge in [0.25, 0.3) is 0 Å². The summed E-state index contributed by atoms with van der Waals surface area (Å²) in [6.45, 7) is 4.64. The summed E-state index contributed by atoms with van der Waals surface area (Å²) in [4.78, 5) is 5.64. The van der Waals surface area contributed by atoms with Crippen molar-refractivity contribution in [1.29, 1.82) is 5.26 Å². The molecule has 1 N–H and O–H groups in total. The average molecular weight is 289 g/mol. The van der Waals surface area contributed by atoms with Crippen molar-refractivity contribution in [3.8, 4) is 6.07 Å². The molecular weight excluding hydrogens is 273 g/mol. The summed E-state index contributed by atoms with van der Waals surface area (Å²) in [6.07, 6.45) is 2.88. The van der Waals surface area contributed by atoms with E-state index in [4.69, 9.17) is 5.26 Å². The Morgan fingerprint density at radius 2 is 2.25 bits per heavy atom. The van der Waals surface area contributed by atoms with Gasteiger partial charge in [0, 0.05) is 17.6 Å². The minimum absolute atomic E-state index is 0.106. The molecule has 0 amide bonds. The fourth-order valence-electron chi connectivity index (χ4n) is 1.86. The quantitative estimate of drug-likeness (QED) is 0.915. The molecule has 0 aliphatic heterocycles. The van der Waals surface area contributed by atoms with Crippen LogP contribution in [0.15, 0.2) is 24.4 Å². The minimum Gasteiger partial charge on any atom is -0.304 e. The first-order valence-corrected chi connectivity index (χ1v) is 7.31. The van der Waals surface area contributed by atoms with Gasteiger partial charge in [0.1, 0.15) is 10.8 Å². The third-order valence-corrected chi connectivity index (χ3v) is 4.31. The predicted molar refractivity (Wildman–Crippen MR) is 77.9 cm³/mol. The van der Waals surface area contributed by atoms with Crippen LogP contribution in [0.2, 0.25) is 0 Å². The molecule has 0 radical (unpaired) electrons. The molecule has 2 aromatic rings. The number of rotatable bonds is 5. The van der Waals surface area contributed by atoms with E-state index in [1.54, 1.807) is 17.4 Å². The Balaban J connectivity index is 2.01. The number of aromatic nitrogens is 1. The number of hydrogen-bond acceptors (Lipinski definition) is 4. The van der Waals surface area contributed by atoms with Crippen LogP contribution in [-0.4, -0.2) is 4.98 Å². The van der Waals surface area contributed by atoms with Gasteiger partial charge in [0.15, 0.2) is 0 Å². The first-order chi connectivity index (χ1) is 9.62. The number of nitrogens with zero attached hydrogens (tertiary/aromatic N) is 2. The second-order valence-electron chi connectivity index (χ2n) is 4.58. The molecule has 0 spiro atoms. The lowest BCUT2D eigenvalue weighted by Crippen LogP contribution is -2.18. The first-order valence-electron chi connectivity index (χ1n) is 6.50. The van der Waals surface area contributed by atoms with Gasteiger partial charge in [-0.3, -0.25) is 0 Å². The van der Waals surface area contributed by atoms with Crippen LogP contribution in [0.4, 0.5) is 4.39 Å². The van der Waals surface area contributed by atoms with Gasteiger partial charge in [-0.2, -0.15) is 5.26 Å². The van der Waals surface area contributed by atoms with Gasteiger partial charge < -0.3 is 5.32 Å². The number of benzene rings is 1. The van der Waals surface area contributed by atoms with Crippen LogP contribution in [0, 0.1) is 17.1 Å². The molecule has 0 saturated carbocycles. The molecule has 1 heterocycles. The Labute approximate surface area is 122 Å². The zero-order chi connectivity index (χ0) is 14.5. The molecule has 1 unspecified atom stereocenters. The summed E-state index contributed by atoms with van der Waals surface area (Å²) in [7, 11) is 0. The van der Waals surface area contributed by atoms with E-state index in [9.17, 15) is 4.39 Å². The highest BCUT2D eigenvalue weighted by atomic mass is 32.1. The molecule has 0 aliphatic carbocycles. The van der Waals surface area contributed by atoms with Crippen molar-refractivity contribution >= 4 is 11.3 Å². The zero-order valence-corrected chi connectivity index (χ0v) is 12.3. The topological polar surface area (TPSA) is 48.7 Å². The zero-order valence-electron chi connectivity index (χ0n) is 11.5. The first kappa shape index (κ1) is 14.6. The highest BCUT2D eigenvalue weighted by Crippen LogP contribution is 2.20. The summed E-state index contributed by atoms with van der Waals surface area (Å²) in [5.41, 5.74) is 1.11. The van der Waals surface area contributed by atoms with Gasteiger partial charge in [0.05, 0.1) is 17.7 Å². The second kappa shape index (κ2) is 6.60. The van der Waals surface area contributed by atoms with Gasteiger partial charge in [0.2, 0.25) is 0 Å². The fraction of sp³-hybridized carbons (Fsp3) is 0.333. The maximum atomic E-state index is 13.3. The van der Waals surface area contributed by atoms with Crippen molar-refractivity contribution in [2.75, 3.05) is 0 Å². The summed E-state index contributed by atoms with van der Waals surface area (Å²) >= 11 is 1.69. The van der Waals surface area contributed by atoms with Crippen molar-refractivity contribution in [3.63, 3.8) is 0 Å². The van der Waals surface area contributed by atoms with Crippen molar-refractivity contribution in [2.24, 2.45) is 0 Å². The minimum atomic E-state index is -0.379. The normalized spacial score (nSPS) is 12.1. The highest BCUT2D eigenvalue weighted by Gasteiger charge is 2.10. The largest absolute Gasteiger partial charge is 0.304 e. The smallest absolute Gasteiger partial charge is 0.124 e. The SMILES string of the molecule is CCc1cnc(C(C)NCc2cc(F)cc(C#N)c2)s1. The standard InChI is InChI=1S/C15H16FN3S/c1-3-14-9-19-15(20-14)10(2)18-8-12-4-11(7-17)5-13(16)6-12/h4-6,9-10,18H,3,8H2,1-2H3. The lowest BCUT2D eigenvalue weighted by Gasteiger charge is -2.11. The van der Waals surface area contributed by atoms with Crippen molar-refractivity contribution < 1.29 is 4.39 Å². The molecule has 0 fully saturated rings.